The Morgan fingerprint density at radius 2 is 1.36 bits per heavy atom. The van der Waals surface area contributed by atoms with E-state index in [-0.39, 0.29) is 0 Å². The van der Waals surface area contributed by atoms with Crippen molar-refractivity contribution in [3.05, 3.63) is 199 Å². The SMILES string of the molecule is C=C/C=C\c1coc2c(-c3cc(-c4ccccc4)c(-n4c5ccccc5c5c6sc7c(c6ccc54)C=CC=CC7)c(-c4ccccc4)c3)nc(-c3ccccc3)nc12. The van der Waals surface area contributed by atoms with Crippen molar-refractivity contribution in [2.45, 2.75) is 6.42 Å². The molecule has 58 heavy (non-hydrogen) atoms. The first-order chi connectivity index (χ1) is 28.7. The maximum absolute atomic E-state index is 6.39. The van der Waals surface area contributed by atoms with Crippen LogP contribution in [0.25, 0.3) is 106 Å². The summed E-state index contributed by atoms with van der Waals surface area (Å²) in [5.74, 6) is 0.635. The Balaban J connectivity index is 1.27. The van der Waals surface area contributed by atoms with Crippen molar-refractivity contribution in [1.82, 2.24) is 14.5 Å². The zero-order chi connectivity index (χ0) is 38.6. The van der Waals surface area contributed by atoms with Gasteiger partial charge in [-0.15, -0.1) is 11.3 Å². The van der Waals surface area contributed by atoms with E-state index in [0.29, 0.717) is 11.4 Å². The van der Waals surface area contributed by atoms with Gasteiger partial charge in [-0.1, -0.05) is 158 Å². The molecule has 5 heteroatoms. The molecule has 4 heterocycles. The second-order valence-corrected chi connectivity index (χ2v) is 15.6. The normalized spacial score (nSPS) is 12.6. The Kier molecular flexibility index (Phi) is 8.19. The number of thiophene rings is 1. The Hall–Kier alpha value is -7.34. The molecule has 0 fully saturated rings. The molecule has 0 atom stereocenters. The lowest BCUT2D eigenvalue weighted by Crippen LogP contribution is -2.02. The molecule has 0 saturated heterocycles. The molecule has 4 nitrogen and oxygen atoms in total. The topological polar surface area (TPSA) is 43.9 Å². The highest BCUT2D eigenvalue weighted by molar-refractivity contribution is 7.20. The predicted molar refractivity (Wildman–Crippen MR) is 244 cm³/mol. The minimum Gasteiger partial charge on any atom is -0.460 e. The van der Waals surface area contributed by atoms with Crippen LogP contribution in [0, 0.1) is 0 Å². The van der Waals surface area contributed by atoms with E-state index in [1.165, 1.54) is 36.8 Å². The van der Waals surface area contributed by atoms with Crippen LogP contribution in [-0.2, 0) is 6.42 Å². The Morgan fingerprint density at radius 1 is 0.672 bits per heavy atom. The highest BCUT2D eigenvalue weighted by Gasteiger charge is 2.26. The number of nitrogens with zero attached hydrogens (tertiary/aromatic N) is 3. The van der Waals surface area contributed by atoms with E-state index < -0.39 is 0 Å². The maximum Gasteiger partial charge on any atom is 0.179 e. The molecule has 0 amide bonds. The molecule has 4 aromatic heterocycles. The third-order valence-electron chi connectivity index (χ3n) is 11.1. The number of aromatic nitrogens is 3. The first kappa shape index (κ1) is 34.0. The quantitative estimate of drug-likeness (QED) is 0.152. The number of allylic oxidation sites excluding steroid dienone is 5. The highest BCUT2D eigenvalue weighted by Crippen LogP contribution is 2.48. The Morgan fingerprint density at radius 3 is 2.09 bits per heavy atom. The van der Waals surface area contributed by atoms with Gasteiger partial charge >= 0.3 is 0 Å². The number of benzene rings is 6. The van der Waals surface area contributed by atoms with Crippen LogP contribution in [0.2, 0.25) is 0 Å². The fraction of sp³-hybridized carbons (Fsp3) is 0.0189. The molecule has 0 N–H and O–H groups in total. The lowest BCUT2D eigenvalue weighted by molar-refractivity contribution is 0.614. The van der Waals surface area contributed by atoms with Crippen molar-refractivity contribution in [1.29, 1.82) is 0 Å². The van der Waals surface area contributed by atoms with Gasteiger partial charge in [-0.2, -0.15) is 0 Å². The van der Waals surface area contributed by atoms with Crippen LogP contribution < -0.4 is 0 Å². The second-order valence-electron chi connectivity index (χ2n) is 14.5. The molecule has 0 bridgehead atoms. The molecule has 1 aliphatic carbocycles. The van der Waals surface area contributed by atoms with E-state index in [1.54, 1.807) is 12.3 Å². The Labute approximate surface area is 339 Å². The van der Waals surface area contributed by atoms with Gasteiger partial charge in [0.05, 0.1) is 16.7 Å². The van der Waals surface area contributed by atoms with Crippen LogP contribution in [0.3, 0.4) is 0 Å². The van der Waals surface area contributed by atoms with Crippen LogP contribution in [0.1, 0.15) is 16.0 Å². The van der Waals surface area contributed by atoms with Crippen LogP contribution in [-0.4, -0.2) is 14.5 Å². The van der Waals surface area contributed by atoms with Crippen molar-refractivity contribution in [2.24, 2.45) is 0 Å². The molecular weight excluding hydrogens is 727 g/mol. The molecular formula is C53H35N3OS. The molecule has 274 valence electrons. The summed E-state index contributed by atoms with van der Waals surface area (Å²) in [4.78, 5) is 11.8. The van der Waals surface area contributed by atoms with Crippen molar-refractivity contribution < 1.29 is 4.42 Å². The average Bonchev–Trinajstić information content (AvgIpc) is 3.91. The van der Waals surface area contributed by atoms with Gasteiger partial charge in [0.15, 0.2) is 11.4 Å². The molecule has 0 radical (unpaired) electrons. The van der Waals surface area contributed by atoms with Gasteiger partial charge in [-0.3, -0.25) is 0 Å². The van der Waals surface area contributed by atoms with Crippen molar-refractivity contribution in [3.8, 4) is 50.6 Å². The summed E-state index contributed by atoms with van der Waals surface area (Å²) in [5.41, 5.74) is 14.0. The standard InChI is InChI=1S/C53H35N3OS/c1-2-3-18-37-33-57-51-48(37)54-53(36-23-12-6-13-24-36)55-49(51)38-31-42(34-19-8-4-9-20-34)50(43(32-38)35-21-10-5-11-22-35)56-44-27-17-16-26-41(44)47-45(56)30-29-40-39-25-14-7-15-28-46(39)58-52(40)47/h2-27,29-33H,1,28H2/b18-3-. The third kappa shape index (κ3) is 5.51. The summed E-state index contributed by atoms with van der Waals surface area (Å²) in [6.07, 6.45) is 17.2. The van der Waals surface area contributed by atoms with E-state index in [0.717, 1.165) is 67.8 Å². The lowest BCUT2D eigenvalue weighted by Gasteiger charge is -2.21. The number of fused-ring (bicyclic) bond motifs is 8. The summed E-state index contributed by atoms with van der Waals surface area (Å²) in [5, 5.41) is 3.83. The van der Waals surface area contributed by atoms with E-state index in [4.69, 9.17) is 14.4 Å². The number of hydrogen-bond acceptors (Lipinski definition) is 4. The van der Waals surface area contributed by atoms with Crippen molar-refractivity contribution in [2.75, 3.05) is 0 Å². The van der Waals surface area contributed by atoms with Gasteiger partial charge in [0.1, 0.15) is 17.5 Å². The first-order valence-electron chi connectivity index (χ1n) is 19.5. The molecule has 0 spiro atoms. The van der Waals surface area contributed by atoms with Crippen molar-refractivity contribution >= 4 is 66.5 Å². The molecule has 11 rings (SSSR count). The van der Waals surface area contributed by atoms with Crippen LogP contribution >= 0.6 is 11.3 Å². The van der Waals surface area contributed by atoms with Gasteiger partial charge < -0.3 is 8.98 Å². The summed E-state index contributed by atoms with van der Waals surface area (Å²) >= 11 is 1.92. The summed E-state index contributed by atoms with van der Waals surface area (Å²) in [7, 11) is 0. The monoisotopic (exact) mass is 761 g/mol. The van der Waals surface area contributed by atoms with E-state index in [2.05, 4.69) is 157 Å². The van der Waals surface area contributed by atoms with Gasteiger partial charge in [0.25, 0.3) is 0 Å². The number of rotatable bonds is 7. The second kappa shape index (κ2) is 14.0. The zero-order valence-electron chi connectivity index (χ0n) is 31.5. The number of para-hydroxylation sites is 1. The minimum absolute atomic E-state index is 0.634. The lowest BCUT2D eigenvalue weighted by atomic mass is 9.91. The fourth-order valence-electron chi connectivity index (χ4n) is 8.48. The summed E-state index contributed by atoms with van der Waals surface area (Å²) < 4.78 is 10.2. The zero-order valence-corrected chi connectivity index (χ0v) is 32.3. The van der Waals surface area contributed by atoms with Gasteiger partial charge in [-0.05, 0) is 47.0 Å². The van der Waals surface area contributed by atoms with Crippen LogP contribution in [0.4, 0.5) is 0 Å². The molecule has 0 aliphatic heterocycles. The predicted octanol–water partition coefficient (Wildman–Crippen LogP) is 14.5. The van der Waals surface area contributed by atoms with Crippen molar-refractivity contribution in [3.63, 3.8) is 0 Å². The Bertz CT molecular complexity index is 3250. The number of hydrogen-bond donors (Lipinski definition) is 0. The molecule has 6 aromatic carbocycles. The molecule has 10 aromatic rings. The van der Waals surface area contributed by atoms with Gasteiger partial charge in [-0.25, -0.2) is 9.97 Å². The van der Waals surface area contributed by atoms with E-state index in [9.17, 15) is 0 Å². The highest BCUT2D eigenvalue weighted by atomic mass is 32.1. The molecule has 1 aliphatic rings. The minimum atomic E-state index is 0.634. The smallest absolute Gasteiger partial charge is 0.179 e. The first-order valence-corrected chi connectivity index (χ1v) is 20.3. The summed E-state index contributed by atoms with van der Waals surface area (Å²) in [6.45, 7) is 3.89. The molecule has 0 saturated carbocycles. The maximum atomic E-state index is 6.39. The van der Waals surface area contributed by atoms with Gasteiger partial charge in [0.2, 0.25) is 0 Å². The van der Waals surface area contributed by atoms with Crippen LogP contribution in [0.5, 0.6) is 0 Å². The fourth-order valence-corrected chi connectivity index (χ4v) is 9.80. The largest absolute Gasteiger partial charge is 0.460 e. The number of furan rings is 1. The van der Waals surface area contributed by atoms with Gasteiger partial charge in [0, 0.05) is 60.0 Å². The van der Waals surface area contributed by atoms with Crippen LogP contribution in [0.15, 0.2) is 187 Å². The summed E-state index contributed by atoms with van der Waals surface area (Å²) in [6, 6.07) is 49.7. The average molecular weight is 762 g/mol. The van der Waals surface area contributed by atoms with E-state index in [1.807, 2.05) is 41.7 Å². The molecule has 0 unspecified atom stereocenters. The third-order valence-corrected chi connectivity index (χ3v) is 12.3. The van der Waals surface area contributed by atoms with E-state index >= 15 is 0 Å².